The van der Waals surface area contributed by atoms with Crippen LogP contribution in [-0.4, -0.2) is 76.8 Å². The zero-order valence-electron chi connectivity index (χ0n) is 27.8. The van der Waals surface area contributed by atoms with E-state index in [0.29, 0.717) is 34.7 Å². The molecule has 288 valence electrons. The smallest absolute Gasteiger partial charge is 0.475 e. The summed E-state index contributed by atoms with van der Waals surface area (Å²) in [7, 11) is 0. The Morgan fingerprint density at radius 2 is 1.36 bits per heavy atom. The van der Waals surface area contributed by atoms with Gasteiger partial charge in [0, 0.05) is 12.2 Å². The molecule has 0 bridgehead atoms. The van der Waals surface area contributed by atoms with Crippen LogP contribution in [0.15, 0.2) is 79.3 Å². The summed E-state index contributed by atoms with van der Waals surface area (Å²) in [6, 6.07) is 15.6. The van der Waals surface area contributed by atoms with Gasteiger partial charge in [-0.05, 0) is 73.2 Å². The SMILES string of the molecule is O=C(O)C(F)(F)F.O=C(O)C(F)(F)F.O=C1c2ccccc2C(=O)N1[C@H]1CCC[C@@H](c2ccncc2Nc2ncc3ccc(-c4c(F)cccc4F)nn23)C1. The van der Waals surface area contributed by atoms with Crippen molar-refractivity contribution in [2.24, 2.45) is 0 Å². The highest BCUT2D eigenvalue weighted by Crippen LogP contribution is 2.40. The number of carboxylic acid groups (broad SMARTS) is 2. The molecule has 1 fully saturated rings. The third-order valence-corrected chi connectivity index (χ3v) is 8.47. The molecule has 3 N–H and O–H groups in total. The lowest BCUT2D eigenvalue weighted by Crippen LogP contribution is -2.42. The second-order valence-electron chi connectivity index (χ2n) is 12.0. The summed E-state index contributed by atoms with van der Waals surface area (Å²) < 4.78 is 93.9. The van der Waals surface area contributed by atoms with Crippen LogP contribution in [0.4, 0.5) is 46.8 Å². The Morgan fingerprint density at radius 1 is 0.782 bits per heavy atom. The number of rotatable bonds is 5. The van der Waals surface area contributed by atoms with Crippen LogP contribution in [-0.2, 0) is 9.59 Å². The molecule has 4 heterocycles. The van der Waals surface area contributed by atoms with E-state index in [-0.39, 0.29) is 35.0 Å². The lowest BCUT2D eigenvalue weighted by molar-refractivity contribution is -0.193. The number of aliphatic carboxylic acids is 2. The maximum Gasteiger partial charge on any atom is 0.490 e. The lowest BCUT2D eigenvalue weighted by Gasteiger charge is -2.35. The Kier molecular flexibility index (Phi) is 11.5. The number of hydrogen-bond donors (Lipinski definition) is 3. The molecule has 2 aromatic carbocycles. The van der Waals surface area contributed by atoms with Crippen molar-refractivity contribution in [1.82, 2.24) is 24.5 Å². The van der Waals surface area contributed by atoms with Gasteiger partial charge in [0.1, 0.15) is 11.6 Å². The number of benzene rings is 2. The van der Waals surface area contributed by atoms with Crippen molar-refractivity contribution < 1.29 is 64.5 Å². The summed E-state index contributed by atoms with van der Waals surface area (Å²) >= 11 is 0. The molecule has 1 aliphatic heterocycles. The number of pyridine rings is 1. The molecule has 0 spiro atoms. The Hall–Kier alpha value is -6.47. The number of carbonyl (C=O) groups excluding carboxylic acids is 2. The number of halogens is 8. The van der Waals surface area contributed by atoms with Crippen molar-refractivity contribution in [3.63, 3.8) is 0 Å². The zero-order valence-corrected chi connectivity index (χ0v) is 27.8. The first kappa shape index (κ1) is 39.7. The molecule has 1 saturated carbocycles. The van der Waals surface area contributed by atoms with Gasteiger partial charge >= 0.3 is 24.3 Å². The van der Waals surface area contributed by atoms with Gasteiger partial charge in [0.15, 0.2) is 0 Å². The van der Waals surface area contributed by atoms with E-state index in [2.05, 4.69) is 20.4 Å². The minimum atomic E-state index is -5.08. The van der Waals surface area contributed by atoms with Crippen molar-refractivity contribution in [2.75, 3.05) is 5.32 Å². The van der Waals surface area contributed by atoms with Crippen molar-refractivity contribution in [1.29, 1.82) is 0 Å². The van der Waals surface area contributed by atoms with Crippen molar-refractivity contribution in [3.05, 3.63) is 108 Å². The second-order valence-corrected chi connectivity index (χ2v) is 12.0. The van der Waals surface area contributed by atoms with Crippen molar-refractivity contribution in [2.45, 2.75) is 50.0 Å². The maximum absolute atomic E-state index is 14.5. The summed E-state index contributed by atoms with van der Waals surface area (Å²) in [5, 5.41) is 22.0. The Balaban J connectivity index is 0.000000355. The van der Waals surface area contributed by atoms with Gasteiger partial charge in [-0.2, -0.15) is 36.0 Å². The standard InChI is InChI=1S/C31H24F2N6O2.2C2HF3O2/c32-24-9-4-10-25(33)28(24)26-12-11-20-16-35-31(39(20)37-26)36-27-17-34-14-13-21(27)18-5-3-6-19(15-18)38-29(40)22-7-1-2-8-23(22)30(38)41;2*3-2(4,5)1(6)7/h1-2,4,7-14,16-19H,3,5-6,15H2,(H,35,36);2*(H,6,7)/t18-,19+;;/m1../s1. The number of carbonyl (C=O) groups is 4. The molecular formula is C35H26F8N6O6. The molecule has 7 rings (SSSR count). The number of imide groups is 1. The molecule has 20 heteroatoms. The van der Waals surface area contributed by atoms with E-state index < -0.39 is 35.9 Å². The quantitative estimate of drug-likeness (QED) is 0.121. The van der Waals surface area contributed by atoms with Crippen LogP contribution in [0.5, 0.6) is 0 Å². The van der Waals surface area contributed by atoms with Crippen LogP contribution < -0.4 is 5.32 Å². The van der Waals surface area contributed by atoms with E-state index in [1.165, 1.54) is 27.6 Å². The molecule has 0 saturated heterocycles. The number of carboxylic acids is 2. The van der Waals surface area contributed by atoms with E-state index in [1.807, 2.05) is 6.07 Å². The summed E-state index contributed by atoms with van der Waals surface area (Å²) in [6.07, 6.45) is -2.02. The van der Waals surface area contributed by atoms with Gasteiger partial charge in [0.05, 0.1) is 46.0 Å². The van der Waals surface area contributed by atoms with E-state index in [9.17, 15) is 44.7 Å². The number of nitrogens with one attached hydrogen (secondary N) is 1. The summed E-state index contributed by atoms with van der Waals surface area (Å²) in [5.74, 6) is -6.97. The molecule has 5 aromatic rings. The number of amides is 2. The number of alkyl halides is 6. The number of fused-ring (bicyclic) bond motifs is 2. The Labute approximate surface area is 304 Å². The largest absolute Gasteiger partial charge is 0.490 e. The highest BCUT2D eigenvalue weighted by molar-refractivity contribution is 6.21. The topological polar surface area (TPSA) is 167 Å². The normalized spacial score (nSPS) is 16.8. The summed E-state index contributed by atoms with van der Waals surface area (Å²) in [5.41, 5.74) is 3.17. The minimum Gasteiger partial charge on any atom is -0.475 e. The monoisotopic (exact) mass is 778 g/mol. The molecule has 12 nitrogen and oxygen atoms in total. The van der Waals surface area contributed by atoms with Crippen molar-refractivity contribution in [3.8, 4) is 11.3 Å². The van der Waals surface area contributed by atoms with Gasteiger partial charge in [0.2, 0.25) is 5.95 Å². The average molecular weight is 779 g/mol. The van der Waals surface area contributed by atoms with Crippen LogP contribution in [0, 0.1) is 11.6 Å². The minimum absolute atomic E-state index is 0.0609. The molecule has 2 amide bonds. The Bertz CT molecular complexity index is 2180. The summed E-state index contributed by atoms with van der Waals surface area (Å²) in [4.78, 5) is 54.3. The van der Waals surface area contributed by atoms with Crippen LogP contribution in [0.1, 0.15) is 57.9 Å². The molecule has 55 heavy (non-hydrogen) atoms. The molecule has 2 aliphatic rings. The van der Waals surface area contributed by atoms with Crippen molar-refractivity contribution >= 4 is 40.9 Å². The third kappa shape index (κ3) is 8.85. The molecule has 3 aromatic heterocycles. The lowest BCUT2D eigenvalue weighted by atomic mass is 9.80. The highest BCUT2D eigenvalue weighted by Gasteiger charge is 2.42. The first-order chi connectivity index (χ1) is 25.9. The van der Waals surface area contributed by atoms with Crippen LogP contribution in [0.2, 0.25) is 0 Å². The van der Waals surface area contributed by atoms with Gasteiger partial charge in [-0.1, -0.05) is 24.6 Å². The van der Waals surface area contributed by atoms with E-state index >= 15 is 0 Å². The number of imidazole rings is 1. The van der Waals surface area contributed by atoms with Gasteiger partial charge in [0.25, 0.3) is 11.8 Å². The predicted molar refractivity (Wildman–Crippen MR) is 175 cm³/mol. The highest BCUT2D eigenvalue weighted by atomic mass is 19.4. The van der Waals surface area contributed by atoms with Gasteiger partial charge < -0.3 is 15.5 Å². The predicted octanol–water partition coefficient (Wildman–Crippen LogP) is 7.40. The number of aromatic nitrogens is 4. The van der Waals surface area contributed by atoms with E-state index in [1.54, 1.807) is 55.0 Å². The maximum atomic E-state index is 14.5. The fourth-order valence-corrected chi connectivity index (χ4v) is 6.05. The van der Waals surface area contributed by atoms with Gasteiger partial charge in [-0.25, -0.2) is 23.4 Å². The number of hydrogen-bond acceptors (Lipinski definition) is 8. The average Bonchev–Trinajstić information content (AvgIpc) is 3.64. The molecule has 0 radical (unpaired) electrons. The third-order valence-electron chi connectivity index (χ3n) is 8.47. The fourth-order valence-electron chi connectivity index (χ4n) is 6.05. The first-order valence-corrected chi connectivity index (χ1v) is 16.0. The summed E-state index contributed by atoms with van der Waals surface area (Å²) in [6.45, 7) is 0. The molecule has 1 aliphatic carbocycles. The van der Waals surface area contributed by atoms with Gasteiger partial charge in [-0.15, -0.1) is 0 Å². The van der Waals surface area contributed by atoms with Crippen LogP contribution in [0.3, 0.4) is 0 Å². The molecule has 0 unspecified atom stereocenters. The van der Waals surface area contributed by atoms with Gasteiger partial charge in [-0.3, -0.25) is 19.5 Å². The van der Waals surface area contributed by atoms with Crippen LogP contribution >= 0.6 is 0 Å². The second kappa shape index (κ2) is 15.9. The number of nitrogens with zero attached hydrogens (tertiary/aromatic N) is 5. The molecular weight excluding hydrogens is 752 g/mol. The fraction of sp³-hybridized carbons (Fsp3) is 0.229. The number of anilines is 2. The van der Waals surface area contributed by atoms with Crippen LogP contribution in [0.25, 0.3) is 16.8 Å². The molecule has 2 atom stereocenters. The van der Waals surface area contributed by atoms with E-state index in [4.69, 9.17) is 19.8 Å². The zero-order chi connectivity index (χ0) is 40.2. The van der Waals surface area contributed by atoms with E-state index in [0.717, 1.165) is 24.8 Å². The Morgan fingerprint density at radius 3 is 1.93 bits per heavy atom. The first-order valence-electron chi connectivity index (χ1n) is 16.0.